The van der Waals surface area contributed by atoms with Crippen LogP contribution in [0.25, 0.3) is 16.8 Å². The van der Waals surface area contributed by atoms with Gasteiger partial charge in [-0.1, -0.05) is 71.7 Å². The first-order chi connectivity index (χ1) is 17.8. The van der Waals surface area contributed by atoms with Gasteiger partial charge in [-0.05, 0) is 101 Å². The Morgan fingerprint density at radius 2 is 1.62 bits per heavy atom. The number of fused-ring (bicyclic) bond motifs is 1. The van der Waals surface area contributed by atoms with Crippen LogP contribution in [0.2, 0.25) is 10.0 Å². The Bertz CT molecular complexity index is 1560. The minimum atomic E-state index is -0.357. The van der Waals surface area contributed by atoms with Crippen LogP contribution in [-0.4, -0.2) is 16.0 Å². The van der Waals surface area contributed by atoms with Crippen molar-refractivity contribution in [2.45, 2.75) is 13.2 Å². The quantitative estimate of drug-likeness (QED) is 0.191. The van der Waals surface area contributed by atoms with E-state index in [2.05, 4.69) is 50.1 Å². The van der Waals surface area contributed by atoms with Crippen LogP contribution < -0.4 is 4.74 Å². The van der Waals surface area contributed by atoms with Crippen LogP contribution in [0, 0.1) is 0 Å². The Kier molecular flexibility index (Phi) is 7.98. The number of halogens is 4. The number of rotatable bonds is 6. The normalized spacial score (nSPS) is 14.7. The topological polar surface area (TPSA) is 46.6 Å². The maximum Gasteiger partial charge on any atom is 0.293 e. The maximum absolute atomic E-state index is 13.0. The predicted molar refractivity (Wildman–Crippen MR) is 158 cm³/mol. The van der Waals surface area contributed by atoms with Gasteiger partial charge in [0.05, 0.1) is 30.4 Å². The van der Waals surface area contributed by atoms with Crippen LogP contribution >= 0.6 is 66.8 Å². The number of nitrogens with zero attached hydrogens (tertiary/aromatic N) is 1. The Hall–Kier alpha value is -2.29. The number of carbonyl (C=O) groups excluding carboxylic acids is 2. The van der Waals surface area contributed by atoms with Gasteiger partial charge in [0, 0.05) is 0 Å². The molecule has 37 heavy (non-hydrogen) atoms. The first kappa shape index (κ1) is 26.3. The summed E-state index contributed by atoms with van der Waals surface area (Å²) in [4.78, 5) is 27.1. The average molecular weight is 678 g/mol. The van der Waals surface area contributed by atoms with E-state index in [0.29, 0.717) is 27.3 Å². The smallest absolute Gasteiger partial charge is 0.293 e. The van der Waals surface area contributed by atoms with E-state index in [-0.39, 0.29) is 17.7 Å². The number of ether oxygens (including phenoxy) is 1. The molecule has 1 aliphatic rings. The fraction of sp³-hybridized carbons (Fsp3) is 0.0714. The van der Waals surface area contributed by atoms with Gasteiger partial charge in [-0.15, -0.1) is 0 Å². The molecule has 4 aromatic carbocycles. The summed E-state index contributed by atoms with van der Waals surface area (Å²) in [5.41, 5.74) is 2.55. The largest absolute Gasteiger partial charge is 0.487 e. The van der Waals surface area contributed by atoms with Crippen molar-refractivity contribution in [2.24, 2.45) is 0 Å². The number of imide groups is 1. The molecule has 186 valence electrons. The van der Waals surface area contributed by atoms with Crippen LogP contribution in [0.15, 0.2) is 86.6 Å². The third kappa shape index (κ3) is 5.76. The van der Waals surface area contributed by atoms with E-state index in [1.807, 2.05) is 36.4 Å². The molecule has 1 aliphatic heterocycles. The molecule has 2 amide bonds. The van der Waals surface area contributed by atoms with Crippen molar-refractivity contribution in [1.29, 1.82) is 0 Å². The second-order valence-corrected chi connectivity index (χ2v) is 11.8. The van der Waals surface area contributed by atoms with Crippen LogP contribution in [0.3, 0.4) is 0 Å². The lowest BCUT2D eigenvalue weighted by molar-refractivity contribution is -0.123. The van der Waals surface area contributed by atoms with E-state index >= 15 is 0 Å². The Balaban J connectivity index is 1.33. The summed E-state index contributed by atoms with van der Waals surface area (Å²) < 4.78 is 7.61. The molecule has 0 radical (unpaired) electrons. The molecule has 0 unspecified atom stereocenters. The van der Waals surface area contributed by atoms with Crippen molar-refractivity contribution in [3.05, 3.63) is 113 Å². The number of amides is 2. The molecular weight excluding hydrogens is 661 g/mol. The summed E-state index contributed by atoms with van der Waals surface area (Å²) in [5.74, 6) is 0.294. The highest BCUT2D eigenvalue weighted by Gasteiger charge is 2.35. The SMILES string of the molecule is O=C1S/C(=C\c2cc(Br)c(OCc3cccc4ccccc34)c(Br)c2)C(=O)N1Cc1ccc(Cl)c(Cl)c1. The summed E-state index contributed by atoms with van der Waals surface area (Å²) in [7, 11) is 0. The molecule has 0 saturated carbocycles. The van der Waals surface area contributed by atoms with Gasteiger partial charge in [0.1, 0.15) is 12.4 Å². The average Bonchev–Trinajstić information content (AvgIpc) is 3.13. The van der Waals surface area contributed by atoms with Crippen molar-refractivity contribution in [3.63, 3.8) is 0 Å². The number of benzene rings is 4. The second-order valence-electron chi connectivity index (χ2n) is 8.26. The zero-order valence-electron chi connectivity index (χ0n) is 19.0. The van der Waals surface area contributed by atoms with Crippen molar-refractivity contribution in [1.82, 2.24) is 4.90 Å². The van der Waals surface area contributed by atoms with E-state index < -0.39 is 0 Å². The highest BCUT2D eigenvalue weighted by Crippen LogP contribution is 2.39. The summed E-state index contributed by atoms with van der Waals surface area (Å²) in [6, 6.07) is 23.1. The van der Waals surface area contributed by atoms with Gasteiger partial charge in [-0.25, -0.2) is 0 Å². The monoisotopic (exact) mass is 675 g/mol. The minimum Gasteiger partial charge on any atom is -0.487 e. The van der Waals surface area contributed by atoms with Gasteiger partial charge >= 0.3 is 0 Å². The Labute approximate surface area is 244 Å². The number of carbonyl (C=O) groups is 2. The van der Waals surface area contributed by atoms with Crippen molar-refractivity contribution in [3.8, 4) is 5.75 Å². The van der Waals surface area contributed by atoms with Crippen molar-refractivity contribution >= 4 is 94.8 Å². The van der Waals surface area contributed by atoms with E-state index in [4.69, 9.17) is 27.9 Å². The first-order valence-corrected chi connectivity index (χ1v) is 14.2. The zero-order valence-corrected chi connectivity index (χ0v) is 24.5. The molecule has 0 aliphatic carbocycles. The molecule has 1 saturated heterocycles. The molecule has 0 N–H and O–H groups in total. The number of hydrogen-bond donors (Lipinski definition) is 0. The lowest BCUT2D eigenvalue weighted by Gasteiger charge is -2.13. The van der Waals surface area contributed by atoms with E-state index in [1.165, 1.54) is 4.90 Å². The van der Waals surface area contributed by atoms with Crippen molar-refractivity contribution in [2.75, 3.05) is 0 Å². The lowest BCUT2D eigenvalue weighted by atomic mass is 10.1. The fourth-order valence-corrected chi connectivity index (χ4v) is 6.59. The van der Waals surface area contributed by atoms with Crippen LogP contribution in [0.1, 0.15) is 16.7 Å². The van der Waals surface area contributed by atoms with E-state index in [0.717, 1.165) is 48.2 Å². The summed E-state index contributed by atoms with van der Waals surface area (Å²) in [6.07, 6.45) is 1.70. The highest BCUT2D eigenvalue weighted by molar-refractivity contribution is 9.11. The summed E-state index contributed by atoms with van der Waals surface area (Å²) >= 11 is 20.1. The third-order valence-electron chi connectivity index (χ3n) is 5.77. The molecule has 4 aromatic rings. The van der Waals surface area contributed by atoms with E-state index in [1.54, 1.807) is 24.3 Å². The number of hydrogen-bond acceptors (Lipinski definition) is 4. The highest BCUT2D eigenvalue weighted by atomic mass is 79.9. The third-order valence-corrected chi connectivity index (χ3v) is 8.59. The second kappa shape index (κ2) is 11.2. The zero-order chi connectivity index (χ0) is 26.1. The summed E-state index contributed by atoms with van der Waals surface area (Å²) in [5, 5.41) is 2.76. The van der Waals surface area contributed by atoms with E-state index in [9.17, 15) is 9.59 Å². The van der Waals surface area contributed by atoms with Gasteiger partial charge in [-0.2, -0.15) is 0 Å². The molecule has 0 aromatic heterocycles. The van der Waals surface area contributed by atoms with Crippen molar-refractivity contribution < 1.29 is 14.3 Å². The molecule has 4 nitrogen and oxygen atoms in total. The van der Waals surface area contributed by atoms with Gasteiger partial charge in [0.2, 0.25) is 0 Å². The molecule has 0 atom stereocenters. The molecule has 0 spiro atoms. The molecule has 9 heteroatoms. The standard InChI is InChI=1S/C28H17Br2Cl2NO3S/c29-21-10-17(11-22(30)26(21)36-15-19-6-3-5-18-4-1-2-7-20(18)19)13-25-27(34)33(28(35)37-25)14-16-8-9-23(31)24(32)12-16/h1-13H,14-15H2/b25-13-. The lowest BCUT2D eigenvalue weighted by Crippen LogP contribution is -2.27. The molecular formula is C28H17Br2Cl2NO3S. The van der Waals surface area contributed by atoms with Gasteiger partial charge in [0.15, 0.2) is 0 Å². The molecule has 1 fully saturated rings. The van der Waals surface area contributed by atoms with Crippen LogP contribution in [0.5, 0.6) is 5.75 Å². The fourth-order valence-electron chi connectivity index (χ4n) is 3.98. The molecule has 1 heterocycles. The molecule has 0 bridgehead atoms. The first-order valence-electron chi connectivity index (χ1n) is 11.1. The maximum atomic E-state index is 13.0. The van der Waals surface area contributed by atoms with Gasteiger partial charge < -0.3 is 4.74 Å². The molecule has 5 rings (SSSR count). The van der Waals surface area contributed by atoms with Crippen LogP contribution in [-0.2, 0) is 17.9 Å². The number of thioether (sulfide) groups is 1. The predicted octanol–water partition coefficient (Wildman–Crippen LogP) is 9.49. The minimum absolute atomic E-state index is 0.118. The Morgan fingerprint density at radius 3 is 2.38 bits per heavy atom. The summed E-state index contributed by atoms with van der Waals surface area (Å²) in [6.45, 7) is 0.513. The van der Waals surface area contributed by atoms with Crippen LogP contribution in [0.4, 0.5) is 4.79 Å². The Morgan fingerprint density at radius 1 is 0.892 bits per heavy atom. The van der Waals surface area contributed by atoms with Gasteiger partial charge in [-0.3, -0.25) is 14.5 Å². The van der Waals surface area contributed by atoms with Gasteiger partial charge in [0.25, 0.3) is 11.1 Å².